The molecular formula is C4H12O2. The van der Waals surface area contributed by atoms with Gasteiger partial charge >= 0.3 is 0 Å². The SMILES string of the molecule is CCCCO.O. The van der Waals surface area contributed by atoms with Gasteiger partial charge in [0.25, 0.3) is 0 Å². The number of aliphatic hydroxyl groups excluding tert-OH is 1. The van der Waals surface area contributed by atoms with Gasteiger partial charge in [0.05, 0.1) is 0 Å². The quantitative estimate of drug-likeness (QED) is 0.510. The topological polar surface area (TPSA) is 51.7 Å². The summed E-state index contributed by atoms with van der Waals surface area (Å²) in [5, 5.41) is 8.07. The summed E-state index contributed by atoms with van der Waals surface area (Å²) in [6.07, 6.45) is 2.04. The number of hydrogen-bond acceptors (Lipinski definition) is 1. The maximum absolute atomic E-state index is 8.07. The molecular weight excluding hydrogens is 80.0 g/mol. The molecule has 0 heterocycles. The molecule has 0 fully saturated rings. The Kier molecular flexibility index (Phi) is 13.8. The molecule has 40 valence electrons. The molecule has 0 aliphatic rings. The molecule has 6 heavy (non-hydrogen) atoms. The molecule has 0 spiro atoms. The lowest BCUT2D eigenvalue weighted by Gasteiger charge is -1.79. The molecule has 3 N–H and O–H groups in total. The molecule has 0 aromatic rings. The second-order valence-corrected chi connectivity index (χ2v) is 1.08. The van der Waals surface area contributed by atoms with Gasteiger partial charge in [-0.15, -0.1) is 0 Å². The van der Waals surface area contributed by atoms with Crippen molar-refractivity contribution in [2.24, 2.45) is 0 Å². The number of rotatable bonds is 2. The third-order valence-corrected chi connectivity index (χ3v) is 0.512. The molecule has 2 heteroatoms. The summed E-state index contributed by atoms with van der Waals surface area (Å²) in [6.45, 7) is 2.40. The minimum Gasteiger partial charge on any atom is -0.412 e. The smallest absolute Gasteiger partial charge is 0.0430 e. The van der Waals surface area contributed by atoms with Crippen LogP contribution in [0.25, 0.3) is 0 Å². The molecule has 0 radical (unpaired) electrons. The van der Waals surface area contributed by atoms with E-state index < -0.39 is 0 Å². The van der Waals surface area contributed by atoms with Crippen LogP contribution in [0.5, 0.6) is 0 Å². The summed E-state index contributed by atoms with van der Waals surface area (Å²) in [5.74, 6) is 0. The van der Waals surface area contributed by atoms with E-state index in [1.165, 1.54) is 0 Å². The van der Waals surface area contributed by atoms with E-state index in [0.717, 1.165) is 12.8 Å². The van der Waals surface area contributed by atoms with E-state index in [1.54, 1.807) is 0 Å². The van der Waals surface area contributed by atoms with Crippen LogP contribution in [0, 0.1) is 0 Å². The highest BCUT2D eigenvalue weighted by molar-refractivity contribution is 4.23. The van der Waals surface area contributed by atoms with Crippen molar-refractivity contribution < 1.29 is 10.6 Å². The van der Waals surface area contributed by atoms with Crippen molar-refractivity contribution in [1.82, 2.24) is 0 Å². The standard InChI is InChI=1S/C4H10O.H2O/c1-2-3-4-5;/h5H,2-4H2,1H3;1H2. The maximum atomic E-state index is 8.07. The first-order valence-corrected chi connectivity index (χ1v) is 2.02. The minimum absolute atomic E-state index is 0. The van der Waals surface area contributed by atoms with Crippen LogP contribution >= 0.6 is 0 Å². The second kappa shape index (κ2) is 8.87. The lowest BCUT2D eigenvalue weighted by atomic mass is 10.4. The molecule has 0 rings (SSSR count). The maximum Gasteiger partial charge on any atom is 0.0430 e. The lowest BCUT2D eigenvalue weighted by Crippen LogP contribution is -1.75. The largest absolute Gasteiger partial charge is 0.412 e. The first kappa shape index (κ1) is 9.33. The number of hydrogen-bond donors (Lipinski definition) is 1. The molecule has 0 bridgehead atoms. The van der Waals surface area contributed by atoms with Gasteiger partial charge in [-0.2, -0.15) is 0 Å². The normalized spacial score (nSPS) is 7.00. The summed E-state index contributed by atoms with van der Waals surface area (Å²) in [5.41, 5.74) is 0. The Balaban J connectivity index is 0. The highest BCUT2D eigenvalue weighted by atomic mass is 16.2. The Morgan fingerprint density at radius 3 is 2.00 bits per heavy atom. The van der Waals surface area contributed by atoms with Gasteiger partial charge in [0, 0.05) is 6.61 Å². The van der Waals surface area contributed by atoms with Crippen LogP contribution in [0.2, 0.25) is 0 Å². The van der Waals surface area contributed by atoms with Crippen molar-refractivity contribution in [1.29, 1.82) is 0 Å². The third-order valence-electron chi connectivity index (χ3n) is 0.512. The van der Waals surface area contributed by atoms with Crippen LogP contribution < -0.4 is 0 Å². The fourth-order valence-corrected chi connectivity index (χ4v) is 0.158. The van der Waals surface area contributed by atoms with Crippen LogP contribution in [0.1, 0.15) is 19.8 Å². The summed E-state index contributed by atoms with van der Waals surface area (Å²) in [4.78, 5) is 0. The van der Waals surface area contributed by atoms with Gasteiger partial charge in [0.15, 0.2) is 0 Å². The molecule has 0 aromatic heterocycles. The fraction of sp³-hybridized carbons (Fsp3) is 1.00. The Morgan fingerprint density at radius 1 is 1.50 bits per heavy atom. The van der Waals surface area contributed by atoms with Gasteiger partial charge in [-0.05, 0) is 6.42 Å². The average Bonchev–Trinajstić information content (AvgIpc) is 1.41. The lowest BCUT2D eigenvalue weighted by molar-refractivity contribution is 0.287. The van der Waals surface area contributed by atoms with Crippen LogP contribution in [-0.2, 0) is 0 Å². The van der Waals surface area contributed by atoms with E-state index >= 15 is 0 Å². The Hall–Kier alpha value is -0.0800. The first-order valence-electron chi connectivity index (χ1n) is 2.02. The van der Waals surface area contributed by atoms with E-state index in [0.29, 0.717) is 6.61 Å². The molecule has 0 aromatic carbocycles. The van der Waals surface area contributed by atoms with E-state index in [-0.39, 0.29) is 5.48 Å². The zero-order chi connectivity index (χ0) is 4.12. The third kappa shape index (κ3) is 9.07. The van der Waals surface area contributed by atoms with Gasteiger partial charge < -0.3 is 10.6 Å². The predicted molar refractivity (Wildman–Crippen MR) is 25.6 cm³/mol. The van der Waals surface area contributed by atoms with Crippen LogP contribution in [0.15, 0.2) is 0 Å². The summed E-state index contributed by atoms with van der Waals surface area (Å²) in [7, 11) is 0. The number of unbranched alkanes of at least 4 members (excludes halogenated alkanes) is 1. The van der Waals surface area contributed by atoms with Gasteiger partial charge in [0.2, 0.25) is 0 Å². The van der Waals surface area contributed by atoms with Crippen molar-refractivity contribution in [3.8, 4) is 0 Å². The fourth-order valence-electron chi connectivity index (χ4n) is 0.158. The average molecular weight is 92.1 g/mol. The summed E-state index contributed by atoms with van der Waals surface area (Å²) >= 11 is 0. The van der Waals surface area contributed by atoms with Crippen molar-refractivity contribution in [3.63, 3.8) is 0 Å². The second-order valence-electron chi connectivity index (χ2n) is 1.08. The Bertz CT molecular complexity index is 13.0. The predicted octanol–water partition coefficient (Wildman–Crippen LogP) is -0.0459. The van der Waals surface area contributed by atoms with Gasteiger partial charge in [0.1, 0.15) is 0 Å². The highest BCUT2D eigenvalue weighted by Gasteiger charge is 1.69. The van der Waals surface area contributed by atoms with Crippen molar-refractivity contribution in [3.05, 3.63) is 0 Å². The van der Waals surface area contributed by atoms with E-state index in [1.807, 2.05) is 0 Å². The van der Waals surface area contributed by atoms with Crippen molar-refractivity contribution in [2.75, 3.05) is 6.61 Å². The highest BCUT2D eigenvalue weighted by Crippen LogP contribution is 1.78. The zero-order valence-corrected chi connectivity index (χ0v) is 4.07. The minimum atomic E-state index is 0. The molecule has 0 saturated heterocycles. The molecule has 0 atom stereocenters. The molecule has 2 nitrogen and oxygen atoms in total. The van der Waals surface area contributed by atoms with Crippen molar-refractivity contribution in [2.45, 2.75) is 19.8 Å². The zero-order valence-electron chi connectivity index (χ0n) is 4.07. The van der Waals surface area contributed by atoms with Crippen LogP contribution in [-0.4, -0.2) is 17.2 Å². The first-order chi connectivity index (χ1) is 2.41. The van der Waals surface area contributed by atoms with Crippen molar-refractivity contribution >= 4 is 0 Å². The molecule has 0 unspecified atom stereocenters. The molecule has 0 aliphatic carbocycles. The Labute approximate surface area is 38.1 Å². The summed E-state index contributed by atoms with van der Waals surface area (Å²) < 4.78 is 0. The van der Waals surface area contributed by atoms with E-state index in [4.69, 9.17) is 5.11 Å². The molecule has 0 amide bonds. The summed E-state index contributed by atoms with van der Waals surface area (Å²) in [6, 6.07) is 0. The molecule has 0 aliphatic heterocycles. The van der Waals surface area contributed by atoms with Gasteiger partial charge in [-0.1, -0.05) is 13.3 Å². The monoisotopic (exact) mass is 92.1 g/mol. The number of aliphatic hydroxyl groups is 1. The van der Waals surface area contributed by atoms with Crippen LogP contribution in [0.3, 0.4) is 0 Å². The van der Waals surface area contributed by atoms with E-state index in [9.17, 15) is 0 Å². The molecule has 0 saturated carbocycles. The van der Waals surface area contributed by atoms with E-state index in [2.05, 4.69) is 6.92 Å². The Morgan fingerprint density at radius 2 is 2.00 bits per heavy atom. The van der Waals surface area contributed by atoms with Crippen LogP contribution in [0.4, 0.5) is 0 Å². The van der Waals surface area contributed by atoms with Gasteiger partial charge in [-0.25, -0.2) is 0 Å². The van der Waals surface area contributed by atoms with Gasteiger partial charge in [-0.3, -0.25) is 0 Å².